The quantitative estimate of drug-likeness (QED) is 0.893. The maximum absolute atomic E-state index is 12.5. The second kappa shape index (κ2) is 3.83. The zero-order valence-electron chi connectivity index (χ0n) is 7.60. The summed E-state index contributed by atoms with van der Waals surface area (Å²) in [5, 5.41) is 2.57. The molecule has 0 spiro atoms. The van der Waals surface area contributed by atoms with E-state index in [2.05, 4.69) is 21.2 Å². The Morgan fingerprint density at radius 3 is 2.67 bits per heavy atom. The van der Waals surface area contributed by atoms with Gasteiger partial charge in [0.25, 0.3) is 11.8 Å². The third-order valence-electron chi connectivity index (χ3n) is 2.22. The highest BCUT2D eigenvalue weighted by molar-refractivity contribution is 9.11. The largest absolute Gasteiger partial charge is 0.348 e. The molecule has 0 aromatic carbocycles. The molecule has 1 aromatic heterocycles. The van der Waals surface area contributed by atoms with Gasteiger partial charge in [-0.25, -0.2) is 8.78 Å². The molecule has 1 saturated carbocycles. The maximum Gasteiger partial charge on any atom is 0.261 e. The molecular weight excluding hydrogens is 288 g/mol. The van der Waals surface area contributed by atoms with Crippen LogP contribution in [-0.2, 0) is 0 Å². The summed E-state index contributed by atoms with van der Waals surface area (Å²) in [6, 6.07) is 3.05. The number of hydrogen-bond acceptors (Lipinski definition) is 2. The van der Waals surface area contributed by atoms with Crippen molar-refractivity contribution in [2.45, 2.75) is 24.8 Å². The summed E-state index contributed by atoms with van der Waals surface area (Å²) in [4.78, 5) is 12.0. The first-order chi connectivity index (χ1) is 6.96. The number of rotatable bonds is 2. The van der Waals surface area contributed by atoms with Crippen molar-refractivity contribution in [3.05, 3.63) is 20.8 Å². The second-order valence-electron chi connectivity index (χ2n) is 3.54. The van der Waals surface area contributed by atoms with Gasteiger partial charge in [0.2, 0.25) is 0 Å². The number of alkyl halides is 2. The van der Waals surface area contributed by atoms with Crippen LogP contribution in [0.3, 0.4) is 0 Å². The minimum Gasteiger partial charge on any atom is -0.348 e. The van der Waals surface area contributed by atoms with Crippen LogP contribution in [0.25, 0.3) is 0 Å². The maximum atomic E-state index is 12.5. The van der Waals surface area contributed by atoms with E-state index in [0.29, 0.717) is 4.88 Å². The van der Waals surface area contributed by atoms with Crippen LogP contribution in [0.4, 0.5) is 8.78 Å². The van der Waals surface area contributed by atoms with Crippen molar-refractivity contribution in [3.8, 4) is 0 Å². The Morgan fingerprint density at radius 1 is 1.53 bits per heavy atom. The van der Waals surface area contributed by atoms with Crippen LogP contribution in [0.1, 0.15) is 22.5 Å². The Bertz CT molecular complexity index is 385. The molecule has 1 aliphatic rings. The van der Waals surface area contributed by atoms with Crippen molar-refractivity contribution in [1.29, 1.82) is 0 Å². The van der Waals surface area contributed by atoms with E-state index < -0.39 is 5.92 Å². The van der Waals surface area contributed by atoms with E-state index in [1.165, 1.54) is 11.3 Å². The predicted molar refractivity (Wildman–Crippen MR) is 57.5 cm³/mol. The highest BCUT2D eigenvalue weighted by Gasteiger charge is 2.45. The lowest BCUT2D eigenvalue weighted by Gasteiger charge is -2.35. The van der Waals surface area contributed by atoms with Gasteiger partial charge in [-0.3, -0.25) is 4.79 Å². The van der Waals surface area contributed by atoms with Gasteiger partial charge in [0.15, 0.2) is 0 Å². The van der Waals surface area contributed by atoms with Crippen molar-refractivity contribution >= 4 is 33.2 Å². The van der Waals surface area contributed by atoms with Crippen LogP contribution in [0, 0.1) is 0 Å². The summed E-state index contributed by atoms with van der Waals surface area (Å²) in [5.41, 5.74) is 0. The van der Waals surface area contributed by atoms with Crippen molar-refractivity contribution in [2.75, 3.05) is 0 Å². The molecule has 0 saturated heterocycles. The smallest absolute Gasteiger partial charge is 0.261 e. The molecule has 1 amide bonds. The molecule has 82 valence electrons. The van der Waals surface area contributed by atoms with Gasteiger partial charge >= 0.3 is 0 Å². The van der Waals surface area contributed by atoms with Gasteiger partial charge in [0, 0.05) is 18.9 Å². The molecule has 6 heteroatoms. The molecule has 0 bridgehead atoms. The van der Waals surface area contributed by atoms with Crippen LogP contribution < -0.4 is 5.32 Å². The number of amides is 1. The molecule has 0 radical (unpaired) electrons. The molecule has 1 fully saturated rings. The molecule has 0 aliphatic heterocycles. The zero-order chi connectivity index (χ0) is 11.1. The first-order valence-corrected chi connectivity index (χ1v) is 6.01. The summed E-state index contributed by atoms with van der Waals surface area (Å²) in [7, 11) is 0. The molecule has 0 atom stereocenters. The van der Waals surface area contributed by atoms with Gasteiger partial charge in [0.05, 0.1) is 8.66 Å². The predicted octanol–water partition coefficient (Wildman–Crippen LogP) is 3.04. The molecule has 1 aliphatic carbocycles. The van der Waals surface area contributed by atoms with Crippen LogP contribution in [0.5, 0.6) is 0 Å². The van der Waals surface area contributed by atoms with Crippen molar-refractivity contribution in [2.24, 2.45) is 0 Å². The minimum absolute atomic E-state index is 0.245. The van der Waals surface area contributed by atoms with Gasteiger partial charge < -0.3 is 5.32 Å². The number of thiophene rings is 1. The molecule has 2 nitrogen and oxygen atoms in total. The molecule has 1 N–H and O–H groups in total. The number of carbonyl (C=O) groups excluding carboxylic acids is 1. The number of carbonyl (C=O) groups is 1. The van der Waals surface area contributed by atoms with Gasteiger partial charge in [0.1, 0.15) is 0 Å². The van der Waals surface area contributed by atoms with E-state index in [9.17, 15) is 13.6 Å². The van der Waals surface area contributed by atoms with E-state index in [0.717, 1.165) is 3.79 Å². The average Bonchev–Trinajstić information content (AvgIpc) is 2.48. The highest BCUT2D eigenvalue weighted by Crippen LogP contribution is 2.37. The summed E-state index contributed by atoms with van der Waals surface area (Å²) < 4.78 is 25.8. The van der Waals surface area contributed by atoms with E-state index in [1.54, 1.807) is 12.1 Å². The van der Waals surface area contributed by atoms with Crippen molar-refractivity contribution < 1.29 is 13.6 Å². The molecule has 2 rings (SSSR count). The van der Waals surface area contributed by atoms with Crippen LogP contribution in [0.15, 0.2) is 15.9 Å². The topological polar surface area (TPSA) is 29.1 Å². The van der Waals surface area contributed by atoms with E-state index in [1.807, 2.05) is 0 Å². The summed E-state index contributed by atoms with van der Waals surface area (Å²) >= 11 is 4.52. The number of hydrogen-bond donors (Lipinski definition) is 1. The van der Waals surface area contributed by atoms with Gasteiger partial charge in [-0.2, -0.15) is 0 Å². The SMILES string of the molecule is O=C(NC1CC(F)(F)C1)c1ccc(Br)s1. The Morgan fingerprint density at radius 2 is 2.20 bits per heavy atom. The lowest BCUT2D eigenvalue weighted by Crippen LogP contribution is -2.50. The number of halogens is 3. The minimum atomic E-state index is -2.59. The molecule has 15 heavy (non-hydrogen) atoms. The molecule has 1 aromatic rings. The molecular formula is C9H8BrF2NOS. The fraction of sp³-hybridized carbons (Fsp3) is 0.444. The Labute approximate surface area is 97.8 Å². The molecule has 1 heterocycles. The van der Waals surface area contributed by atoms with Gasteiger partial charge in [-0.15, -0.1) is 11.3 Å². The lowest BCUT2D eigenvalue weighted by atomic mass is 9.88. The van der Waals surface area contributed by atoms with Crippen LogP contribution in [0.2, 0.25) is 0 Å². The summed E-state index contributed by atoms with van der Waals surface area (Å²) in [6.07, 6.45) is -0.490. The van der Waals surface area contributed by atoms with Gasteiger partial charge in [-0.05, 0) is 28.1 Å². The van der Waals surface area contributed by atoms with E-state index >= 15 is 0 Å². The summed E-state index contributed by atoms with van der Waals surface area (Å²) in [5.74, 6) is -2.86. The van der Waals surface area contributed by atoms with E-state index in [4.69, 9.17) is 0 Å². The number of nitrogens with one attached hydrogen (secondary N) is 1. The third-order valence-corrected chi connectivity index (χ3v) is 3.84. The normalized spacial score (nSPS) is 19.7. The van der Waals surface area contributed by atoms with Gasteiger partial charge in [-0.1, -0.05) is 0 Å². The molecule has 0 unspecified atom stereocenters. The standard InChI is InChI=1S/C9H8BrF2NOS/c10-7-2-1-6(15-7)8(14)13-5-3-9(11,12)4-5/h1-2,5H,3-4H2,(H,13,14). The first-order valence-electron chi connectivity index (χ1n) is 4.40. The third kappa shape index (κ3) is 2.55. The zero-order valence-corrected chi connectivity index (χ0v) is 10.00. The highest BCUT2D eigenvalue weighted by atomic mass is 79.9. The summed E-state index contributed by atoms with van der Waals surface area (Å²) in [6.45, 7) is 0. The van der Waals surface area contributed by atoms with Crippen LogP contribution in [-0.4, -0.2) is 17.9 Å². The van der Waals surface area contributed by atoms with Crippen molar-refractivity contribution in [1.82, 2.24) is 5.32 Å². The average molecular weight is 296 g/mol. The Hall–Kier alpha value is -0.490. The second-order valence-corrected chi connectivity index (χ2v) is 6.00. The lowest BCUT2D eigenvalue weighted by molar-refractivity contribution is -0.0901. The van der Waals surface area contributed by atoms with E-state index in [-0.39, 0.29) is 24.8 Å². The Balaban J connectivity index is 1.89. The van der Waals surface area contributed by atoms with Crippen molar-refractivity contribution in [3.63, 3.8) is 0 Å². The Kier molecular flexibility index (Phi) is 2.81. The first kappa shape index (κ1) is 11.0. The fourth-order valence-corrected chi connectivity index (χ4v) is 2.75. The monoisotopic (exact) mass is 295 g/mol. The fourth-order valence-electron chi connectivity index (χ4n) is 1.46. The van der Waals surface area contributed by atoms with Crippen LogP contribution >= 0.6 is 27.3 Å².